The fourth-order valence-electron chi connectivity index (χ4n) is 5.33. The molecule has 2 aromatic heterocycles. The van der Waals surface area contributed by atoms with Crippen molar-refractivity contribution < 1.29 is 14.1 Å². The predicted octanol–water partition coefficient (Wildman–Crippen LogP) is 2.87. The summed E-state index contributed by atoms with van der Waals surface area (Å²) in [5, 5.41) is 8.14. The zero-order chi connectivity index (χ0) is 22.5. The molecule has 0 spiro atoms. The zero-order valence-electron chi connectivity index (χ0n) is 18.5. The summed E-state index contributed by atoms with van der Waals surface area (Å²) in [4.78, 5) is 36.5. The number of nitrogens with one attached hydrogen (secondary N) is 1. The van der Waals surface area contributed by atoms with Crippen molar-refractivity contribution in [1.29, 1.82) is 0 Å². The number of fused-ring (bicyclic) bond motifs is 2. The van der Waals surface area contributed by atoms with Gasteiger partial charge in [-0.15, -0.1) is 0 Å². The predicted molar refractivity (Wildman–Crippen MR) is 118 cm³/mol. The molecule has 1 saturated carbocycles. The minimum atomic E-state index is -0.420. The van der Waals surface area contributed by atoms with Gasteiger partial charge in [0.05, 0.1) is 10.9 Å². The Bertz CT molecular complexity index is 1190. The van der Waals surface area contributed by atoms with Crippen molar-refractivity contribution in [1.82, 2.24) is 25.3 Å². The fourth-order valence-corrected chi connectivity index (χ4v) is 5.33. The molecular weight excluding hydrogens is 406 g/mol. The first-order valence-corrected chi connectivity index (χ1v) is 11.1. The number of aryl methyl sites for hydroxylation is 1. The van der Waals surface area contributed by atoms with Crippen molar-refractivity contribution in [2.45, 2.75) is 45.1 Å². The van der Waals surface area contributed by atoms with Crippen LogP contribution in [-0.2, 0) is 10.2 Å². The quantitative estimate of drug-likeness (QED) is 0.679. The number of amides is 2. The number of likely N-dealkylation sites (tertiary alicyclic amines) is 1. The molecule has 8 heteroatoms. The Morgan fingerprint density at radius 1 is 1.28 bits per heavy atom. The Balaban J connectivity index is 1.37. The van der Waals surface area contributed by atoms with Crippen molar-refractivity contribution in [3.63, 3.8) is 0 Å². The molecule has 2 fully saturated rings. The summed E-state index contributed by atoms with van der Waals surface area (Å²) in [5.74, 6) is 1.30. The third-order valence-corrected chi connectivity index (χ3v) is 6.83. The molecule has 1 aliphatic heterocycles. The molecule has 2 aliphatic rings. The summed E-state index contributed by atoms with van der Waals surface area (Å²) in [5.41, 5.74) is 1.05. The standard InChI is InChI=1S/C24H27N5O3/c1-14(2)22(31)29-12-18-10-19(11-24(18,13-29)23-26-15(3)28-32-23)27-21(30)17-6-7-20-16(9-17)5-4-8-25-20/h4-9,14,18-19H,10-13H2,1-3H3,(H,27,30)/t18?,19-,24+/m1/s1. The second-order valence-electron chi connectivity index (χ2n) is 9.39. The van der Waals surface area contributed by atoms with Crippen molar-refractivity contribution in [2.75, 3.05) is 13.1 Å². The fraction of sp³-hybridized carbons (Fsp3) is 0.458. The molecule has 1 aliphatic carbocycles. The molecule has 0 radical (unpaired) electrons. The van der Waals surface area contributed by atoms with Gasteiger partial charge in [0.25, 0.3) is 5.91 Å². The maximum atomic E-state index is 13.0. The molecule has 1 N–H and O–H groups in total. The number of pyridine rings is 1. The van der Waals surface area contributed by atoms with Gasteiger partial charge in [-0.1, -0.05) is 25.1 Å². The van der Waals surface area contributed by atoms with Gasteiger partial charge in [0.1, 0.15) is 0 Å². The zero-order valence-corrected chi connectivity index (χ0v) is 18.5. The molecule has 166 valence electrons. The van der Waals surface area contributed by atoms with E-state index in [1.165, 1.54) is 0 Å². The van der Waals surface area contributed by atoms with Crippen LogP contribution in [0.3, 0.4) is 0 Å². The SMILES string of the molecule is Cc1noc([C@]23C[C@H](NC(=O)c4ccc5ncccc5c4)CC2CN(C(=O)C(C)C)C3)n1. The smallest absolute Gasteiger partial charge is 0.251 e. The first-order chi connectivity index (χ1) is 15.4. The number of hydrogen-bond donors (Lipinski definition) is 1. The van der Waals surface area contributed by atoms with E-state index >= 15 is 0 Å². The summed E-state index contributed by atoms with van der Waals surface area (Å²) < 4.78 is 5.61. The number of rotatable bonds is 4. The summed E-state index contributed by atoms with van der Waals surface area (Å²) in [6, 6.07) is 9.33. The Labute approximate surface area is 186 Å². The van der Waals surface area contributed by atoms with Crippen molar-refractivity contribution in [3.05, 3.63) is 53.8 Å². The molecular formula is C24H27N5O3. The third kappa shape index (κ3) is 3.43. The number of nitrogens with zero attached hydrogens (tertiary/aromatic N) is 4. The number of carbonyl (C=O) groups is 2. The maximum absolute atomic E-state index is 13.0. The highest BCUT2D eigenvalue weighted by atomic mass is 16.5. The van der Waals surface area contributed by atoms with Gasteiger partial charge >= 0.3 is 0 Å². The number of benzene rings is 1. The second-order valence-corrected chi connectivity index (χ2v) is 9.39. The molecule has 5 rings (SSSR count). The van der Waals surface area contributed by atoms with Gasteiger partial charge in [-0.05, 0) is 49.9 Å². The average Bonchev–Trinajstić information content (AvgIpc) is 3.45. The molecule has 3 aromatic rings. The molecule has 1 saturated heterocycles. The van der Waals surface area contributed by atoms with Crippen LogP contribution >= 0.6 is 0 Å². The van der Waals surface area contributed by atoms with E-state index in [0.29, 0.717) is 36.8 Å². The molecule has 8 nitrogen and oxygen atoms in total. The molecule has 1 unspecified atom stereocenters. The molecule has 3 atom stereocenters. The van der Waals surface area contributed by atoms with Crippen LogP contribution in [0, 0.1) is 18.8 Å². The topological polar surface area (TPSA) is 101 Å². The summed E-state index contributed by atoms with van der Waals surface area (Å²) >= 11 is 0. The molecule has 2 amide bonds. The number of aromatic nitrogens is 3. The van der Waals surface area contributed by atoms with Crippen LogP contribution in [0.15, 0.2) is 41.1 Å². The van der Waals surface area contributed by atoms with E-state index < -0.39 is 5.41 Å². The Hall–Kier alpha value is -3.29. The Morgan fingerprint density at radius 2 is 2.12 bits per heavy atom. The highest BCUT2D eigenvalue weighted by molar-refractivity contribution is 5.98. The van der Waals surface area contributed by atoms with Crippen LogP contribution in [0.4, 0.5) is 0 Å². The second kappa shape index (κ2) is 7.69. The highest BCUT2D eigenvalue weighted by Crippen LogP contribution is 2.50. The maximum Gasteiger partial charge on any atom is 0.251 e. The van der Waals surface area contributed by atoms with Gasteiger partial charge < -0.3 is 14.7 Å². The summed E-state index contributed by atoms with van der Waals surface area (Å²) in [7, 11) is 0. The van der Waals surface area contributed by atoms with Crippen molar-refractivity contribution in [2.24, 2.45) is 11.8 Å². The lowest BCUT2D eigenvalue weighted by Gasteiger charge is -2.26. The first kappa shape index (κ1) is 20.6. The molecule has 1 aromatic carbocycles. The third-order valence-electron chi connectivity index (χ3n) is 6.83. The lowest BCUT2D eigenvalue weighted by Crippen LogP contribution is -2.40. The van der Waals surface area contributed by atoms with Gasteiger partial charge in [0.2, 0.25) is 11.8 Å². The van der Waals surface area contributed by atoms with Crippen LogP contribution in [0.2, 0.25) is 0 Å². The first-order valence-electron chi connectivity index (χ1n) is 11.1. The van der Waals surface area contributed by atoms with E-state index in [2.05, 4.69) is 20.4 Å². The van der Waals surface area contributed by atoms with Crippen LogP contribution in [-0.4, -0.2) is 51.0 Å². The number of hydrogen-bond acceptors (Lipinski definition) is 6. The largest absolute Gasteiger partial charge is 0.349 e. The van der Waals surface area contributed by atoms with Gasteiger partial charge in [0, 0.05) is 42.2 Å². The van der Waals surface area contributed by atoms with Crippen LogP contribution in [0.25, 0.3) is 10.9 Å². The van der Waals surface area contributed by atoms with E-state index in [1.54, 1.807) is 19.2 Å². The molecule has 0 bridgehead atoms. The summed E-state index contributed by atoms with van der Waals surface area (Å²) in [6.07, 6.45) is 3.18. The van der Waals surface area contributed by atoms with Gasteiger partial charge in [0.15, 0.2) is 5.82 Å². The van der Waals surface area contributed by atoms with Gasteiger partial charge in [-0.25, -0.2) is 0 Å². The normalized spacial score (nSPS) is 24.8. The van der Waals surface area contributed by atoms with E-state index in [9.17, 15) is 9.59 Å². The van der Waals surface area contributed by atoms with Crippen molar-refractivity contribution >= 4 is 22.7 Å². The Morgan fingerprint density at radius 3 is 2.88 bits per heavy atom. The minimum Gasteiger partial charge on any atom is -0.349 e. The van der Waals surface area contributed by atoms with E-state index in [1.807, 2.05) is 43.0 Å². The van der Waals surface area contributed by atoms with Gasteiger partial charge in [-0.3, -0.25) is 14.6 Å². The van der Waals surface area contributed by atoms with Crippen LogP contribution in [0.5, 0.6) is 0 Å². The van der Waals surface area contributed by atoms with E-state index in [4.69, 9.17) is 4.52 Å². The monoisotopic (exact) mass is 433 g/mol. The summed E-state index contributed by atoms with van der Waals surface area (Å²) in [6.45, 7) is 6.83. The van der Waals surface area contributed by atoms with Gasteiger partial charge in [-0.2, -0.15) is 4.98 Å². The molecule has 3 heterocycles. The highest BCUT2D eigenvalue weighted by Gasteiger charge is 2.58. The lowest BCUT2D eigenvalue weighted by atomic mass is 9.80. The minimum absolute atomic E-state index is 0.0272. The van der Waals surface area contributed by atoms with E-state index in [0.717, 1.165) is 17.3 Å². The Kier molecular flexibility index (Phi) is 4.95. The average molecular weight is 434 g/mol. The molecule has 32 heavy (non-hydrogen) atoms. The van der Waals surface area contributed by atoms with Crippen LogP contribution in [0.1, 0.15) is 48.8 Å². The van der Waals surface area contributed by atoms with Crippen molar-refractivity contribution in [3.8, 4) is 0 Å². The van der Waals surface area contributed by atoms with Crippen LogP contribution < -0.4 is 5.32 Å². The lowest BCUT2D eigenvalue weighted by molar-refractivity contribution is -0.133. The number of carbonyl (C=O) groups excluding carboxylic acids is 2. The van der Waals surface area contributed by atoms with E-state index in [-0.39, 0.29) is 29.7 Å².